The molecule has 4 aromatic rings. The van der Waals surface area contributed by atoms with E-state index in [1.807, 2.05) is 49.1 Å². The summed E-state index contributed by atoms with van der Waals surface area (Å²) in [5, 5.41) is 11.8. The van der Waals surface area contributed by atoms with Gasteiger partial charge < -0.3 is 15.1 Å². The molecule has 2 N–H and O–H groups in total. The number of hydrogen-bond acceptors (Lipinski definition) is 4. The van der Waals surface area contributed by atoms with Crippen LogP contribution >= 0.6 is 0 Å². The molecule has 8 heteroatoms. The Morgan fingerprint density at radius 2 is 1.77 bits per heavy atom. The first-order valence-electron chi connectivity index (χ1n) is 11.8. The molecule has 178 valence electrons. The van der Waals surface area contributed by atoms with Gasteiger partial charge in [-0.05, 0) is 68.4 Å². The van der Waals surface area contributed by atoms with Crippen LogP contribution in [0.25, 0.3) is 22.2 Å². The number of fused-ring (bicyclic) bond motifs is 2. The zero-order chi connectivity index (χ0) is 24.3. The third kappa shape index (κ3) is 3.83. The number of urea groups is 1. The fourth-order valence-corrected chi connectivity index (χ4v) is 5.59. The Morgan fingerprint density at radius 3 is 2.51 bits per heavy atom. The van der Waals surface area contributed by atoms with Crippen molar-refractivity contribution in [1.82, 2.24) is 25.0 Å². The van der Waals surface area contributed by atoms with Crippen LogP contribution in [0.5, 0.6) is 0 Å². The molecule has 7 nitrogen and oxygen atoms in total. The molecule has 0 spiro atoms. The number of anilines is 1. The molecule has 6 rings (SSSR count). The highest BCUT2D eigenvalue weighted by atomic mass is 19.1. The summed E-state index contributed by atoms with van der Waals surface area (Å²) < 4.78 is 13.5. The topological polar surface area (TPSA) is 77.2 Å². The molecule has 2 aromatic carbocycles. The summed E-state index contributed by atoms with van der Waals surface area (Å²) in [6.07, 6.45) is 0. The highest BCUT2D eigenvalue weighted by molar-refractivity contribution is 6.00. The van der Waals surface area contributed by atoms with Crippen molar-refractivity contribution < 1.29 is 9.18 Å². The quantitative estimate of drug-likeness (QED) is 0.450. The first kappa shape index (κ1) is 21.7. The standard InChI is InChI=1S/C27H27FN6O/c1-15-8-18(9-16(2)29-15)26-21-10-19-12-34(27(35)30-23(19)11-24(21)31-32-26)25-14-33(3)13-22(25)17-4-6-20(28)7-5-17/h4-11,22,25H,12-14H2,1-3H3,(H,30,35)(H,31,32)/t22-,25+/m0/s1. The predicted molar refractivity (Wildman–Crippen MR) is 134 cm³/mol. The monoisotopic (exact) mass is 470 g/mol. The van der Waals surface area contributed by atoms with Crippen LogP contribution in [0.2, 0.25) is 0 Å². The molecule has 2 aliphatic heterocycles. The SMILES string of the molecule is Cc1cc(-c2n[nH]c3cc4c(cc23)CN([C@@H]2CN(C)C[C@H]2c2ccc(F)cc2)C(=O)N4)cc(C)n1. The van der Waals surface area contributed by atoms with Gasteiger partial charge in [-0.1, -0.05) is 12.1 Å². The minimum absolute atomic E-state index is 0.0105. The minimum Gasteiger partial charge on any atom is -0.315 e. The van der Waals surface area contributed by atoms with E-state index in [2.05, 4.69) is 38.5 Å². The smallest absolute Gasteiger partial charge is 0.315 e. The van der Waals surface area contributed by atoms with Crippen LogP contribution in [0.4, 0.5) is 14.9 Å². The van der Waals surface area contributed by atoms with E-state index >= 15 is 0 Å². The number of carbonyl (C=O) groups excluding carboxylic acids is 1. The first-order valence-corrected chi connectivity index (χ1v) is 11.8. The number of aromatic nitrogens is 3. The number of benzene rings is 2. The lowest BCUT2D eigenvalue weighted by atomic mass is 9.92. The number of aryl methyl sites for hydroxylation is 2. The van der Waals surface area contributed by atoms with Crippen LogP contribution in [-0.2, 0) is 6.54 Å². The second-order valence-electron chi connectivity index (χ2n) is 9.77. The van der Waals surface area contributed by atoms with Gasteiger partial charge in [-0.3, -0.25) is 10.1 Å². The van der Waals surface area contributed by atoms with Gasteiger partial charge in [0.25, 0.3) is 0 Å². The number of pyridine rings is 1. The normalized spacial score (nSPS) is 20.3. The number of nitrogens with one attached hydrogen (secondary N) is 2. The second kappa shape index (κ2) is 8.16. The van der Waals surface area contributed by atoms with Gasteiger partial charge in [0.2, 0.25) is 0 Å². The maximum atomic E-state index is 13.5. The van der Waals surface area contributed by atoms with Crippen LogP contribution in [0, 0.1) is 19.7 Å². The maximum absolute atomic E-state index is 13.5. The molecule has 1 fully saturated rings. The van der Waals surface area contributed by atoms with E-state index in [4.69, 9.17) is 0 Å². The largest absolute Gasteiger partial charge is 0.322 e. The van der Waals surface area contributed by atoms with Crippen molar-refractivity contribution in [2.45, 2.75) is 32.4 Å². The summed E-state index contributed by atoms with van der Waals surface area (Å²) in [6.45, 7) is 6.05. The minimum atomic E-state index is -0.249. The van der Waals surface area contributed by atoms with E-state index in [0.717, 1.165) is 63.5 Å². The molecule has 0 aliphatic carbocycles. The van der Waals surface area contributed by atoms with E-state index in [1.54, 1.807) is 0 Å². The van der Waals surface area contributed by atoms with Gasteiger partial charge in [-0.25, -0.2) is 9.18 Å². The molecule has 2 amide bonds. The Balaban J connectivity index is 1.37. The van der Waals surface area contributed by atoms with Crippen molar-refractivity contribution >= 4 is 22.6 Å². The predicted octanol–water partition coefficient (Wildman–Crippen LogP) is 4.83. The average molecular weight is 471 g/mol. The second-order valence-corrected chi connectivity index (χ2v) is 9.77. The Morgan fingerprint density at radius 1 is 1.03 bits per heavy atom. The van der Waals surface area contributed by atoms with Crippen molar-refractivity contribution in [3.05, 3.63) is 76.9 Å². The highest BCUT2D eigenvalue weighted by Gasteiger charge is 2.40. The van der Waals surface area contributed by atoms with Crippen LogP contribution in [0.1, 0.15) is 28.4 Å². The van der Waals surface area contributed by atoms with E-state index in [1.165, 1.54) is 12.1 Å². The van der Waals surface area contributed by atoms with E-state index in [-0.39, 0.29) is 23.8 Å². The van der Waals surface area contributed by atoms with E-state index in [9.17, 15) is 9.18 Å². The van der Waals surface area contributed by atoms with Crippen LogP contribution in [-0.4, -0.2) is 57.2 Å². The molecule has 0 unspecified atom stereocenters. The molecule has 1 saturated heterocycles. The van der Waals surface area contributed by atoms with Gasteiger partial charge in [0.1, 0.15) is 11.5 Å². The molecule has 35 heavy (non-hydrogen) atoms. The summed E-state index contributed by atoms with van der Waals surface area (Å²) in [5.41, 5.74) is 7.58. The molecular weight excluding hydrogens is 443 g/mol. The number of nitrogens with zero attached hydrogens (tertiary/aromatic N) is 4. The first-order chi connectivity index (χ1) is 16.9. The summed E-state index contributed by atoms with van der Waals surface area (Å²) in [4.78, 5) is 21.9. The summed E-state index contributed by atoms with van der Waals surface area (Å²) in [5.74, 6) is -0.135. The Hall–Kier alpha value is -3.78. The lowest BCUT2D eigenvalue weighted by molar-refractivity contribution is 0.177. The summed E-state index contributed by atoms with van der Waals surface area (Å²) >= 11 is 0. The van der Waals surface area contributed by atoms with Gasteiger partial charge in [-0.2, -0.15) is 5.10 Å². The lowest BCUT2D eigenvalue weighted by Crippen LogP contribution is -2.48. The highest BCUT2D eigenvalue weighted by Crippen LogP contribution is 2.37. The van der Waals surface area contributed by atoms with Crippen LogP contribution < -0.4 is 5.32 Å². The van der Waals surface area contributed by atoms with Crippen LogP contribution in [0.3, 0.4) is 0 Å². The summed E-state index contributed by atoms with van der Waals surface area (Å²) in [7, 11) is 2.06. The van der Waals surface area contributed by atoms with Gasteiger partial charge >= 0.3 is 6.03 Å². The Bertz CT molecular complexity index is 1430. The van der Waals surface area contributed by atoms with Crippen molar-refractivity contribution in [2.24, 2.45) is 0 Å². The zero-order valence-electron chi connectivity index (χ0n) is 20.0. The fraction of sp³-hybridized carbons (Fsp3) is 0.296. The number of amides is 2. The van der Waals surface area contributed by atoms with Crippen LogP contribution in [0.15, 0.2) is 48.5 Å². The molecule has 2 aromatic heterocycles. The zero-order valence-corrected chi connectivity index (χ0v) is 20.0. The molecule has 4 heterocycles. The molecular formula is C27H27FN6O. The van der Waals surface area contributed by atoms with Crippen molar-refractivity contribution in [1.29, 1.82) is 0 Å². The number of likely N-dealkylation sites (tertiary alicyclic amines) is 1. The molecule has 0 saturated carbocycles. The third-order valence-corrected chi connectivity index (χ3v) is 7.15. The number of rotatable bonds is 3. The molecule has 0 bridgehead atoms. The van der Waals surface area contributed by atoms with Crippen molar-refractivity contribution in [3.8, 4) is 11.3 Å². The number of H-pyrrole nitrogens is 1. The number of halogens is 1. The third-order valence-electron chi connectivity index (χ3n) is 7.15. The fourth-order valence-electron chi connectivity index (χ4n) is 5.59. The number of likely N-dealkylation sites (N-methyl/N-ethyl adjacent to an activating group) is 1. The van der Waals surface area contributed by atoms with Crippen molar-refractivity contribution in [2.75, 3.05) is 25.5 Å². The number of carbonyl (C=O) groups is 1. The Kier molecular flexibility index (Phi) is 5.07. The van der Waals surface area contributed by atoms with Crippen molar-refractivity contribution in [3.63, 3.8) is 0 Å². The molecule has 2 aliphatic rings. The molecule has 2 atom stereocenters. The maximum Gasteiger partial charge on any atom is 0.322 e. The van der Waals surface area contributed by atoms with Gasteiger partial charge in [-0.15, -0.1) is 0 Å². The van der Waals surface area contributed by atoms with Gasteiger partial charge in [0.15, 0.2) is 0 Å². The van der Waals surface area contributed by atoms with E-state index in [0.29, 0.717) is 6.54 Å². The van der Waals surface area contributed by atoms with E-state index < -0.39 is 0 Å². The number of aromatic amines is 1. The molecule has 0 radical (unpaired) electrons. The Labute approximate surface area is 203 Å². The average Bonchev–Trinajstić information content (AvgIpc) is 3.40. The lowest BCUT2D eigenvalue weighted by Gasteiger charge is -2.36. The number of hydrogen-bond donors (Lipinski definition) is 2. The van der Waals surface area contributed by atoms with Gasteiger partial charge in [0, 0.05) is 53.6 Å². The van der Waals surface area contributed by atoms with Gasteiger partial charge in [0.05, 0.1) is 11.6 Å². The summed E-state index contributed by atoms with van der Waals surface area (Å²) in [6, 6.07) is 14.7.